The SMILES string of the molecule is CN1C2CCC1CC(NC(=O)CN)C2. The number of fused-ring (bicyclic) bond motifs is 2. The normalized spacial score (nSPS) is 37.1. The molecule has 2 saturated heterocycles. The lowest BCUT2D eigenvalue weighted by atomic mass is 9.98. The molecule has 3 N–H and O–H groups in total. The van der Waals surface area contributed by atoms with Gasteiger partial charge in [-0.15, -0.1) is 0 Å². The molecule has 1 amide bonds. The highest BCUT2D eigenvalue weighted by atomic mass is 16.1. The van der Waals surface area contributed by atoms with Gasteiger partial charge in [0.2, 0.25) is 5.91 Å². The van der Waals surface area contributed by atoms with Crippen LogP contribution < -0.4 is 11.1 Å². The van der Waals surface area contributed by atoms with E-state index in [2.05, 4.69) is 17.3 Å². The molecule has 14 heavy (non-hydrogen) atoms. The molecule has 2 heterocycles. The van der Waals surface area contributed by atoms with Crippen molar-refractivity contribution in [1.29, 1.82) is 0 Å². The number of hydrogen-bond donors (Lipinski definition) is 2. The first-order valence-electron chi connectivity index (χ1n) is 5.42. The first-order valence-corrected chi connectivity index (χ1v) is 5.42. The van der Waals surface area contributed by atoms with E-state index in [1.807, 2.05) is 0 Å². The highest BCUT2D eigenvalue weighted by Crippen LogP contribution is 2.33. The summed E-state index contributed by atoms with van der Waals surface area (Å²) in [4.78, 5) is 13.6. The summed E-state index contributed by atoms with van der Waals surface area (Å²) in [5.74, 6) is -0.0149. The summed E-state index contributed by atoms with van der Waals surface area (Å²) in [6.07, 6.45) is 4.77. The number of nitrogens with zero attached hydrogens (tertiary/aromatic N) is 1. The van der Waals surface area contributed by atoms with E-state index in [-0.39, 0.29) is 12.5 Å². The molecule has 2 rings (SSSR count). The number of amides is 1. The van der Waals surface area contributed by atoms with Crippen molar-refractivity contribution >= 4 is 5.91 Å². The first-order chi connectivity index (χ1) is 6.70. The van der Waals surface area contributed by atoms with Crippen molar-refractivity contribution in [1.82, 2.24) is 10.2 Å². The number of carbonyl (C=O) groups is 1. The van der Waals surface area contributed by atoms with Crippen molar-refractivity contribution in [2.24, 2.45) is 5.73 Å². The van der Waals surface area contributed by atoms with E-state index in [1.54, 1.807) is 0 Å². The minimum atomic E-state index is -0.0149. The molecular formula is C10H19N3O. The maximum absolute atomic E-state index is 11.1. The monoisotopic (exact) mass is 197 g/mol. The molecule has 4 heteroatoms. The molecule has 2 aliphatic heterocycles. The zero-order valence-corrected chi connectivity index (χ0v) is 8.70. The summed E-state index contributed by atoms with van der Waals surface area (Å²) in [6.45, 7) is 0.113. The van der Waals surface area contributed by atoms with E-state index < -0.39 is 0 Å². The van der Waals surface area contributed by atoms with Gasteiger partial charge in [0.15, 0.2) is 0 Å². The summed E-state index contributed by atoms with van der Waals surface area (Å²) in [6, 6.07) is 1.72. The van der Waals surface area contributed by atoms with Crippen molar-refractivity contribution in [2.45, 2.75) is 43.8 Å². The van der Waals surface area contributed by atoms with E-state index >= 15 is 0 Å². The second-order valence-electron chi connectivity index (χ2n) is 4.49. The fraction of sp³-hybridized carbons (Fsp3) is 0.900. The smallest absolute Gasteiger partial charge is 0.233 e. The summed E-state index contributed by atoms with van der Waals surface area (Å²) < 4.78 is 0. The summed E-state index contributed by atoms with van der Waals surface area (Å²) in [7, 11) is 2.20. The van der Waals surface area contributed by atoms with Crippen LogP contribution in [0.5, 0.6) is 0 Å². The Bertz CT molecular complexity index is 217. The third-order valence-corrected chi connectivity index (χ3v) is 3.65. The van der Waals surface area contributed by atoms with Crippen LogP contribution in [0.1, 0.15) is 25.7 Å². The van der Waals surface area contributed by atoms with Crippen molar-refractivity contribution in [2.75, 3.05) is 13.6 Å². The first kappa shape index (κ1) is 9.93. The Balaban J connectivity index is 1.90. The van der Waals surface area contributed by atoms with Crippen LogP contribution in [0.15, 0.2) is 0 Å². The van der Waals surface area contributed by atoms with Gasteiger partial charge in [0.25, 0.3) is 0 Å². The summed E-state index contributed by atoms with van der Waals surface area (Å²) in [5.41, 5.74) is 5.28. The van der Waals surface area contributed by atoms with Crippen LogP contribution in [0.4, 0.5) is 0 Å². The Hall–Kier alpha value is -0.610. The van der Waals surface area contributed by atoms with Crippen LogP contribution in [0.3, 0.4) is 0 Å². The maximum Gasteiger partial charge on any atom is 0.233 e. The minimum Gasteiger partial charge on any atom is -0.352 e. The number of hydrogen-bond acceptors (Lipinski definition) is 3. The molecule has 0 spiro atoms. The molecule has 0 aromatic rings. The summed E-state index contributed by atoms with van der Waals surface area (Å²) >= 11 is 0. The third-order valence-electron chi connectivity index (χ3n) is 3.65. The second-order valence-corrected chi connectivity index (χ2v) is 4.49. The Morgan fingerprint density at radius 3 is 2.50 bits per heavy atom. The zero-order valence-electron chi connectivity index (χ0n) is 8.70. The van der Waals surface area contributed by atoms with Crippen molar-refractivity contribution in [3.8, 4) is 0 Å². The van der Waals surface area contributed by atoms with Crippen molar-refractivity contribution in [3.05, 3.63) is 0 Å². The van der Waals surface area contributed by atoms with Gasteiger partial charge in [-0.05, 0) is 32.7 Å². The number of piperidine rings is 1. The van der Waals surface area contributed by atoms with E-state index in [4.69, 9.17) is 5.73 Å². The van der Waals surface area contributed by atoms with Gasteiger partial charge in [0.1, 0.15) is 0 Å². The molecule has 0 saturated carbocycles. The molecule has 2 atom stereocenters. The fourth-order valence-corrected chi connectivity index (χ4v) is 2.82. The molecule has 0 aliphatic carbocycles. The molecular weight excluding hydrogens is 178 g/mol. The van der Waals surface area contributed by atoms with E-state index in [0.29, 0.717) is 18.1 Å². The Morgan fingerprint density at radius 1 is 1.43 bits per heavy atom. The van der Waals surface area contributed by atoms with Gasteiger partial charge in [0.05, 0.1) is 6.54 Å². The van der Waals surface area contributed by atoms with E-state index in [9.17, 15) is 4.79 Å². The predicted octanol–water partition coefficient (Wildman–Crippen LogP) is -0.313. The third kappa shape index (κ3) is 1.77. The lowest BCUT2D eigenvalue weighted by Gasteiger charge is -2.36. The molecule has 80 valence electrons. The predicted molar refractivity (Wildman–Crippen MR) is 54.8 cm³/mol. The molecule has 2 bridgehead atoms. The molecule has 2 aliphatic rings. The minimum absolute atomic E-state index is 0.0149. The number of carbonyl (C=O) groups excluding carboxylic acids is 1. The van der Waals surface area contributed by atoms with Crippen LogP contribution in [-0.2, 0) is 4.79 Å². The second kappa shape index (κ2) is 3.87. The highest BCUT2D eigenvalue weighted by Gasteiger charge is 2.38. The van der Waals surface area contributed by atoms with Crippen LogP contribution in [0, 0.1) is 0 Å². The molecule has 0 aromatic heterocycles. The average molecular weight is 197 g/mol. The lowest BCUT2D eigenvalue weighted by Crippen LogP contribution is -2.49. The van der Waals surface area contributed by atoms with Crippen LogP contribution in [-0.4, -0.2) is 42.5 Å². The number of nitrogens with one attached hydrogen (secondary N) is 1. The fourth-order valence-electron chi connectivity index (χ4n) is 2.82. The van der Waals surface area contributed by atoms with E-state index in [0.717, 1.165) is 12.8 Å². The standard InChI is InChI=1S/C10H19N3O/c1-13-8-2-3-9(13)5-7(4-8)12-10(14)6-11/h7-9H,2-6,11H2,1H3,(H,12,14). The molecule has 4 nitrogen and oxygen atoms in total. The van der Waals surface area contributed by atoms with Gasteiger partial charge >= 0.3 is 0 Å². The quantitative estimate of drug-likeness (QED) is 0.638. The summed E-state index contributed by atoms with van der Waals surface area (Å²) in [5, 5.41) is 3.00. The van der Waals surface area contributed by atoms with Crippen LogP contribution >= 0.6 is 0 Å². The average Bonchev–Trinajstić information content (AvgIpc) is 2.42. The molecule has 2 fully saturated rings. The van der Waals surface area contributed by atoms with Crippen molar-refractivity contribution in [3.63, 3.8) is 0 Å². The van der Waals surface area contributed by atoms with Gasteiger partial charge in [0, 0.05) is 18.1 Å². The van der Waals surface area contributed by atoms with Gasteiger partial charge in [-0.25, -0.2) is 0 Å². The molecule has 0 radical (unpaired) electrons. The van der Waals surface area contributed by atoms with Gasteiger partial charge < -0.3 is 16.0 Å². The van der Waals surface area contributed by atoms with Crippen LogP contribution in [0.25, 0.3) is 0 Å². The van der Waals surface area contributed by atoms with Gasteiger partial charge in [-0.1, -0.05) is 0 Å². The Morgan fingerprint density at radius 2 is 2.00 bits per heavy atom. The van der Waals surface area contributed by atoms with E-state index in [1.165, 1.54) is 12.8 Å². The van der Waals surface area contributed by atoms with Gasteiger partial charge in [-0.2, -0.15) is 0 Å². The highest BCUT2D eigenvalue weighted by molar-refractivity contribution is 5.78. The van der Waals surface area contributed by atoms with Crippen LogP contribution in [0.2, 0.25) is 0 Å². The topological polar surface area (TPSA) is 58.4 Å². The number of nitrogens with two attached hydrogens (primary N) is 1. The van der Waals surface area contributed by atoms with Gasteiger partial charge in [-0.3, -0.25) is 4.79 Å². The largest absolute Gasteiger partial charge is 0.352 e. The number of rotatable bonds is 2. The lowest BCUT2D eigenvalue weighted by molar-refractivity contribution is -0.120. The maximum atomic E-state index is 11.1. The van der Waals surface area contributed by atoms with Crippen molar-refractivity contribution < 1.29 is 4.79 Å². The zero-order chi connectivity index (χ0) is 10.1. The molecule has 0 aromatic carbocycles. The Labute approximate surface area is 84.8 Å². The molecule has 2 unspecified atom stereocenters. The Kier molecular flexibility index (Phi) is 2.74.